The van der Waals surface area contributed by atoms with Crippen LogP contribution in [0.1, 0.15) is 51.2 Å². The Balaban J connectivity index is 1.89. The highest BCUT2D eigenvalue weighted by molar-refractivity contribution is 5.86. The summed E-state index contributed by atoms with van der Waals surface area (Å²) in [4.78, 5) is 16.3. The summed E-state index contributed by atoms with van der Waals surface area (Å²) in [5.74, 6) is 1.80. The second-order valence-electron chi connectivity index (χ2n) is 5.61. The van der Waals surface area contributed by atoms with Gasteiger partial charge in [-0.3, -0.25) is 4.79 Å². The Bertz CT molecular complexity index is 444. The number of nitrogens with one attached hydrogen (secondary N) is 1. The molecule has 3 N–H and O–H groups in total. The van der Waals surface area contributed by atoms with Gasteiger partial charge in [0.15, 0.2) is 0 Å². The lowest BCUT2D eigenvalue weighted by Crippen LogP contribution is -2.56. The van der Waals surface area contributed by atoms with Crippen molar-refractivity contribution in [2.45, 2.75) is 58.0 Å². The Morgan fingerprint density at radius 1 is 1.68 bits per heavy atom. The zero-order chi connectivity index (χ0) is 13.9. The highest BCUT2D eigenvalue weighted by Crippen LogP contribution is 2.30. The number of nitrogens with zero attached hydrogens (tertiary/aromatic N) is 1. The van der Waals surface area contributed by atoms with Gasteiger partial charge in [-0.25, -0.2) is 4.98 Å². The van der Waals surface area contributed by atoms with E-state index in [1.54, 1.807) is 6.20 Å². The van der Waals surface area contributed by atoms with Crippen molar-refractivity contribution < 1.29 is 9.21 Å². The molecule has 0 aromatic carbocycles. The van der Waals surface area contributed by atoms with Crippen LogP contribution in [-0.4, -0.2) is 16.4 Å². The summed E-state index contributed by atoms with van der Waals surface area (Å²) in [7, 11) is 0. The Labute approximate surface area is 114 Å². The van der Waals surface area contributed by atoms with Crippen molar-refractivity contribution in [3.63, 3.8) is 0 Å². The van der Waals surface area contributed by atoms with E-state index in [1.165, 1.54) is 0 Å². The molecule has 5 heteroatoms. The zero-order valence-corrected chi connectivity index (χ0v) is 11.7. The average Bonchev–Trinajstić information content (AvgIpc) is 2.83. The van der Waals surface area contributed by atoms with Gasteiger partial charge < -0.3 is 15.5 Å². The maximum absolute atomic E-state index is 12.2. The van der Waals surface area contributed by atoms with E-state index in [0.717, 1.165) is 37.9 Å². The molecule has 0 spiro atoms. The number of carbonyl (C=O) groups is 1. The minimum Gasteiger partial charge on any atom is -0.444 e. The third-order valence-electron chi connectivity index (χ3n) is 3.83. The highest BCUT2D eigenvalue weighted by atomic mass is 16.4. The second-order valence-corrected chi connectivity index (χ2v) is 5.61. The lowest BCUT2D eigenvalue weighted by molar-refractivity contribution is -0.128. The van der Waals surface area contributed by atoms with Crippen molar-refractivity contribution in [3.8, 4) is 0 Å². The van der Waals surface area contributed by atoms with E-state index < -0.39 is 5.54 Å². The van der Waals surface area contributed by atoms with Crippen molar-refractivity contribution in [2.75, 3.05) is 0 Å². The van der Waals surface area contributed by atoms with E-state index in [0.29, 0.717) is 18.4 Å². The average molecular weight is 265 g/mol. The standard InChI is InChI=1S/C14H23N3O2/c1-3-11-8-16-12(19-11)9-17-13(18)14(15)6-4-5-10(2)7-14/h8,10H,3-7,9,15H2,1-2H3,(H,17,18). The molecule has 2 rings (SSSR count). The van der Waals surface area contributed by atoms with Gasteiger partial charge in [-0.1, -0.05) is 26.7 Å². The van der Waals surface area contributed by atoms with Crippen molar-refractivity contribution in [2.24, 2.45) is 11.7 Å². The first-order valence-corrected chi connectivity index (χ1v) is 7.04. The Morgan fingerprint density at radius 3 is 3.11 bits per heavy atom. The normalized spacial score (nSPS) is 27.2. The fourth-order valence-corrected chi connectivity index (χ4v) is 2.72. The fraction of sp³-hybridized carbons (Fsp3) is 0.714. The van der Waals surface area contributed by atoms with Crippen LogP contribution >= 0.6 is 0 Å². The topological polar surface area (TPSA) is 81.2 Å². The van der Waals surface area contributed by atoms with E-state index in [4.69, 9.17) is 10.2 Å². The number of aryl methyl sites for hydroxylation is 1. The molecule has 0 bridgehead atoms. The van der Waals surface area contributed by atoms with Gasteiger partial charge in [-0.05, 0) is 18.8 Å². The molecular weight excluding hydrogens is 242 g/mol. The summed E-state index contributed by atoms with van der Waals surface area (Å²) in [6.07, 6.45) is 6.19. The number of hydrogen-bond acceptors (Lipinski definition) is 4. The van der Waals surface area contributed by atoms with E-state index in [1.807, 2.05) is 6.92 Å². The molecule has 1 aliphatic rings. The van der Waals surface area contributed by atoms with Crippen LogP contribution in [0.25, 0.3) is 0 Å². The third kappa shape index (κ3) is 3.35. The lowest BCUT2D eigenvalue weighted by atomic mass is 9.76. The van der Waals surface area contributed by atoms with Crippen LogP contribution in [0.3, 0.4) is 0 Å². The number of hydrogen-bond donors (Lipinski definition) is 2. The van der Waals surface area contributed by atoms with Gasteiger partial charge in [0.1, 0.15) is 5.76 Å². The maximum atomic E-state index is 12.2. The van der Waals surface area contributed by atoms with Gasteiger partial charge in [0.05, 0.1) is 18.3 Å². The highest BCUT2D eigenvalue weighted by Gasteiger charge is 2.37. The molecule has 1 amide bonds. The van der Waals surface area contributed by atoms with Crippen LogP contribution in [0.5, 0.6) is 0 Å². The number of oxazole rings is 1. The number of nitrogens with two attached hydrogens (primary N) is 1. The van der Waals surface area contributed by atoms with Gasteiger partial charge in [0, 0.05) is 6.42 Å². The Morgan fingerprint density at radius 2 is 2.47 bits per heavy atom. The van der Waals surface area contributed by atoms with Gasteiger partial charge >= 0.3 is 0 Å². The van der Waals surface area contributed by atoms with E-state index in [2.05, 4.69) is 17.2 Å². The number of amides is 1. The maximum Gasteiger partial charge on any atom is 0.240 e. The summed E-state index contributed by atoms with van der Waals surface area (Å²) in [5.41, 5.74) is 5.50. The molecule has 1 aromatic heterocycles. The van der Waals surface area contributed by atoms with Gasteiger partial charge in [-0.15, -0.1) is 0 Å². The largest absolute Gasteiger partial charge is 0.444 e. The van der Waals surface area contributed by atoms with Crippen molar-refractivity contribution in [1.82, 2.24) is 10.3 Å². The number of aromatic nitrogens is 1. The van der Waals surface area contributed by atoms with Crippen LogP contribution in [0, 0.1) is 5.92 Å². The molecular formula is C14H23N3O2. The first-order chi connectivity index (χ1) is 9.03. The molecule has 0 saturated heterocycles. The predicted octanol–water partition coefficient (Wildman–Crippen LogP) is 1.76. The SMILES string of the molecule is CCc1cnc(CNC(=O)C2(N)CCCC(C)C2)o1. The first-order valence-electron chi connectivity index (χ1n) is 7.04. The summed E-state index contributed by atoms with van der Waals surface area (Å²) in [5, 5.41) is 2.85. The van der Waals surface area contributed by atoms with Gasteiger partial charge in [0.2, 0.25) is 11.8 Å². The zero-order valence-electron chi connectivity index (χ0n) is 11.7. The second kappa shape index (κ2) is 5.74. The molecule has 1 fully saturated rings. The molecule has 106 valence electrons. The summed E-state index contributed by atoms with van der Waals surface area (Å²) >= 11 is 0. The van der Waals surface area contributed by atoms with Crippen molar-refractivity contribution >= 4 is 5.91 Å². The molecule has 0 radical (unpaired) electrons. The minimum atomic E-state index is -0.724. The number of carbonyl (C=O) groups excluding carboxylic acids is 1. The predicted molar refractivity (Wildman–Crippen MR) is 72.3 cm³/mol. The Hall–Kier alpha value is -1.36. The van der Waals surface area contributed by atoms with E-state index >= 15 is 0 Å². The summed E-state index contributed by atoms with van der Waals surface area (Å²) < 4.78 is 5.46. The van der Waals surface area contributed by atoms with Gasteiger partial charge in [-0.2, -0.15) is 0 Å². The quantitative estimate of drug-likeness (QED) is 0.869. The van der Waals surface area contributed by atoms with Crippen LogP contribution in [-0.2, 0) is 17.8 Å². The van der Waals surface area contributed by atoms with E-state index in [-0.39, 0.29) is 5.91 Å². The van der Waals surface area contributed by atoms with Crippen LogP contribution < -0.4 is 11.1 Å². The molecule has 1 aromatic rings. The molecule has 0 aliphatic heterocycles. The molecule has 2 unspecified atom stereocenters. The molecule has 2 atom stereocenters. The number of rotatable bonds is 4. The lowest BCUT2D eigenvalue weighted by Gasteiger charge is -2.35. The van der Waals surface area contributed by atoms with Crippen LogP contribution in [0.2, 0.25) is 0 Å². The Kier molecular flexibility index (Phi) is 4.24. The van der Waals surface area contributed by atoms with Gasteiger partial charge in [0.25, 0.3) is 0 Å². The van der Waals surface area contributed by atoms with Crippen molar-refractivity contribution in [1.29, 1.82) is 0 Å². The van der Waals surface area contributed by atoms with E-state index in [9.17, 15) is 4.79 Å². The molecule has 1 aliphatic carbocycles. The van der Waals surface area contributed by atoms with Crippen molar-refractivity contribution in [3.05, 3.63) is 17.8 Å². The van der Waals surface area contributed by atoms with Crippen LogP contribution in [0.15, 0.2) is 10.6 Å². The van der Waals surface area contributed by atoms with Crippen LogP contribution in [0.4, 0.5) is 0 Å². The fourth-order valence-electron chi connectivity index (χ4n) is 2.72. The monoisotopic (exact) mass is 265 g/mol. The minimum absolute atomic E-state index is 0.0877. The smallest absolute Gasteiger partial charge is 0.240 e. The molecule has 5 nitrogen and oxygen atoms in total. The molecule has 1 heterocycles. The summed E-state index contributed by atoms with van der Waals surface area (Å²) in [6.45, 7) is 4.46. The molecule has 1 saturated carbocycles. The molecule has 19 heavy (non-hydrogen) atoms. The third-order valence-corrected chi connectivity index (χ3v) is 3.83. The first kappa shape index (κ1) is 14.1. The summed E-state index contributed by atoms with van der Waals surface area (Å²) in [6, 6.07) is 0.